The molecular weight excluding hydrogens is 266 g/mol. The molecule has 1 aromatic rings. The number of hydrogen-bond acceptors (Lipinski definition) is 4. The molecule has 1 aromatic heterocycles. The van der Waals surface area contributed by atoms with Gasteiger partial charge in [0.1, 0.15) is 5.69 Å². The number of rotatable bonds is 6. The average molecular weight is 291 g/mol. The molecule has 5 nitrogen and oxygen atoms in total. The van der Waals surface area contributed by atoms with Crippen LogP contribution < -0.4 is 15.4 Å². The summed E-state index contributed by atoms with van der Waals surface area (Å²) in [5, 5.41) is 6.38. The predicted octanol–water partition coefficient (Wildman–Crippen LogP) is 2.59. The number of aromatic nitrogens is 1. The zero-order valence-electron chi connectivity index (χ0n) is 12.9. The van der Waals surface area contributed by atoms with Crippen molar-refractivity contribution < 1.29 is 9.53 Å². The molecule has 21 heavy (non-hydrogen) atoms. The summed E-state index contributed by atoms with van der Waals surface area (Å²) in [7, 11) is 0. The third-order valence-corrected chi connectivity index (χ3v) is 3.98. The van der Waals surface area contributed by atoms with E-state index in [9.17, 15) is 4.79 Å². The summed E-state index contributed by atoms with van der Waals surface area (Å²) in [6, 6.07) is 3.65. The number of carbonyl (C=O) groups excluding carboxylic acids is 1. The highest BCUT2D eigenvalue weighted by molar-refractivity contribution is 5.96. The smallest absolute Gasteiger partial charge is 0.237 e. The molecule has 2 N–H and O–H groups in total. The van der Waals surface area contributed by atoms with Crippen LogP contribution in [0.25, 0.3) is 0 Å². The SMILES string of the molecule is CCCC1(C(=O)Nc2cccnc2OCC)CCCNC1. The van der Waals surface area contributed by atoms with E-state index in [4.69, 9.17) is 4.74 Å². The highest BCUT2D eigenvalue weighted by Gasteiger charge is 2.38. The van der Waals surface area contributed by atoms with Crippen LogP contribution in [0.5, 0.6) is 5.88 Å². The Labute approximate surface area is 126 Å². The molecule has 1 fully saturated rings. The number of carbonyl (C=O) groups is 1. The van der Waals surface area contributed by atoms with Crippen LogP contribution in [0.1, 0.15) is 39.5 Å². The van der Waals surface area contributed by atoms with Crippen molar-refractivity contribution in [3.63, 3.8) is 0 Å². The van der Waals surface area contributed by atoms with Crippen LogP contribution in [-0.4, -0.2) is 30.6 Å². The van der Waals surface area contributed by atoms with Crippen LogP contribution >= 0.6 is 0 Å². The molecule has 1 aliphatic heterocycles. The summed E-state index contributed by atoms with van der Waals surface area (Å²) in [6.07, 6.45) is 5.55. The van der Waals surface area contributed by atoms with Crippen LogP contribution in [-0.2, 0) is 4.79 Å². The molecule has 0 spiro atoms. The minimum Gasteiger partial charge on any atom is -0.476 e. The van der Waals surface area contributed by atoms with Gasteiger partial charge in [-0.05, 0) is 44.9 Å². The molecule has 2 heterocycles. The van der Waals surface area contributed by atoms with Gasteiger partial charge in [0.2, 0.25) is 11.8 Å². The Morgan fingerprint density at radius 3 is 3.05 bits per heavy atom. The van der Waals surface area contributed by atoms with Crippen LogP contribution in [0.4, 0.5) is 5.69 Å². The van der Waals surface area contributed by atoms with Crippen LogP contribution in [0.15, 0.2) is 18.3 Å². The van der Waals surface area contributed by atoms with Gasteiger partial charge in [-0.2, -0.15) is 0 Å². The van der Waals surface area contributed by atoms with Gasteiger partial charge in [-0.15, -0.1) is 0 Å². The minimum atomic E-state index is -0.313. The van der Waals surface area contributed by atoms with E-state index in [-0.39, 0.29) is 11.3 Å². The highest BCUT2D eigenvalue weighted by Crippen LogP contribution is 2.34. The maximum absolute atomic E-state index is 12.8. The number of piperidine rings is 1. The summed E-state index contributed by atoms with van der Waals surface area (Å²) in [6.45, 7) is 6.30. The maximum Gasteiger partial charge on any atom is 0.237 e. The van der Waals surface area contributed by atoms with Gasteiger partial charge in [0, 0.05) is 12.7 Å². The van der Waals surface area contributed by atoms with E-state index in [0.717, 1.165) is 38.8 Å². The minimum absolute atomic E-state index is 0.0745. The van der Waals surface area contributed by atoms with Gasteiger partial charge in [0.05, 0.1) is 12.0 Å². The molecule has 0 radical (unpaired) electrons. The Kier molecular flexibility index (Phi) is 5.56. The van der Waals surface area contributed by atoms with Gasteiger partial charge >= 0.3 is 0 Å². The lowest BCUT2D eigenvalue weighted by Crippen LogP contribution is -2.48. The first-order chi connectivity index (χ1) is 10.2. The van der Waals surface area contributed by atoms with Gasteiger partial charge in [-0.1, -0.05) is 13.3 Å². The monoisotopic (exact) mass is 291 g/mol. The van der Waals surface area contributed by atoms with Crippen molar-refractivity contribution in [1.29, 1.82) is 0 Å². The first kappa shape index (κ1) is 15.8. The number of nitrogens with zero attached hydrogens (tertiary/aromatic N) is 1. The van der Waals surface area contributed by atoms with Gasteiger partial charge in [-0.25, -0.2) is 4.98 Å². The Bertz CT molecular complexity index is 465. The summed E-state index contributed by atoms with van der Waals surface area (Å²) in [5.41, 5.74) is 0.345. The normalized spacial score (nSPS) is 21.8. The molecule has 1 atom stereocenters. The van der Waals surface area contributed by atoms with E-state index in [2.05, 4.69) is 22.5 Å². The fourth-order valence-corrected chi connectivity index (χ4v) is 2.96. The summed E-state index contributed by atoms with van der Waals surface area (Å²) in [4.78, 5) is 17.0. The van der Waals surface area contributed by atoms with Crippen molar-refractivity contribution >= 4 is 11.6 Å². The van der Waals surface area contributed by atoms with E-state index < -0.39 is 0 Å². The second-order valence-corrected chi connectivity index (χ2v) is 5.55. The molecule has 1 unspecified atom stereocenters. The quantitative estimate of drug-likeness (QED) is 0.845. The number of amides is 1. The van der Waals surface area contributed by atoms with Gasteiger partial charge in [0.15, 0.2) is 0 Å². The summed E-state index contributed by atoms with van der Waals surface area (Å²) >= 11 is 0. The Hall–Kier alpha value is -1.62. The van der Waals surface area contributed by atoms with E-state index in [1.807, 2.05) is 19.1 Å². The third kappa shape index (κ3) is 3.73. The van der Waals surface area contributed by atoms with Crippen LogP contribution in [0.2, 0.25) is 0 Å². The van der Waals surface area contributed by atoms with Crippen molar-refractivity contribution in [2.24, 2.45) is 5.41 Å². The molecule has 0 saturated carbocycles. The fourth-order valence-electron chi connectivity index (χ4n) is 2.96. The first-order valence-electron chi connectivity index (χ1n) is 7.82. The number of hydrogen-bond donors (Lipinski definition) is 2. The van der Waals surface area contributed by atoms with Crippen molar-refractivity contribution in [2.75, 3.05) is 25.0 Å². The molecule has 1 amide bonds. The molecule has 0 bridgehead atoms. The summed E-state index contributed by atoms with van der Waals surface area (Å²) < 4.78 is 5.48. The second kappa shape index (κ2) is 7.41. The predicted molar refractivity (Wildman–Crippen MR) is 83.5 cm³/mol. The molecule has 1 aliphatic rings. The Morgan fingerprint density at radius 2 is 2.38 bits per heavy atom. The third-order valence-electron chi connectivity index (χ3n) is 3.98. The summed E-state index contributed by atoms with van der Waals surface area (Å²) in [5.74, 6) is 0.564. The fraction of sp³-hybridized carbons (Fsp3) is 0.625. The standard InChI is InChI=1S/C16H25N3O2/c1-3-8-16(9-6-10-17-12-16)15(20)19-13-7-5-11-18-14(13)21-4-2/h5,7,11,17H,3-4,6,8-10,12H2,1-2H3,(H,19,20). The van der Waals surface area contributed by atoms with Crippen molar-refractivity contribution in [3.8, 4) is 5.88 Å². The molecule has 0 aromatic carbocycles. The van der Waals surface area contributed by atoms with Crippen LogP contribution in [0.3, 0.4) is 0 Å². The molecule has 0 aliphatic carbocycles. The van der Waals surface area contributed by atoms with Crippen LogP contribution in [0, 0.1) is 5.41 Å². The maximum atomic E-state index is 12.8. The van der Waals surface area contributed by atoms with E-state index in [0.29, 0.717) is 18.2 Å². The Balaban J connectivity index is 2.15. The second-order valence-electron chi connectivity index (χ2n) is 5.55. The lowest BCUT2D eigenvalue weighted by molar-refractivity contribution is -0.127. The topological polar surface area (TPSA) is 63.2 Å². The Morgan fingerprint density at radius 1 is 1.52 bits per heavy atom. The highest BCUT2D eigenvalue weighted by atomic mass is 16.5. The zero-order chi connectivity index (χ0) is 15.1. The van der Waals surface area contributed by atoms with Gasteiger partial charge in [0.25, 0.3) is 0 Å². The number of anilines is 1. The first-order valence-corrected chi connectivity index (χ1v) is 7.82. The number of ether oxygens (including phenoxy) is 1. The van der Waals surface area contributed by atoms with E-state index in [1.165, 1.54) is 0 Å². The van der Waals surface area contributed by atoms with E-state index in [1.54, 1.807) is 6.20 Å². The lowest BCUT2D eigenvalue weighted by Gasteiger charge is -2.36. The largest absolute Gasteiger partial charge is 0.476 e. The van der Waals surface area contributed by atoms with Crippen molar-refractivity contribution in [2.45, 2.75) is 39.5 Å². The molecule has 1 saturated heterocycles. The molecular formula is C16H25N3O2. The molecule has 116 valence electrons. The molecule has 2 rings (SSSR count). The van der Waals surface area contributed by atoms with Crippen molar-refractivity contribution in [1.82, 2.24) is 10.3 Å². The van der Waals surface area contributed by atoms with E-state index >= 15 is 0 Å². The van der Waals surface area contributed by atoms with Gasteiger partial charge in [-0.3, -0.25) is 4.79 Å². The zero-order valence-corrected chi connectivity index (χ0v) is 12.9. The molecule has 5 heteroatoms. The lowest BCUT2D eigenvalue weighted by atomic mass is 9.76. The number of pyridine rings is 1. The van der Waals surface area contributed by atoms with Crippen molar-refractivity contribution in [3.05, 3.63) is 18.3 Å². The number of nitrogens with one attached hydrogen (secondary N) is 2. The van der Waals surface area contributed by atoms with Gasteiger partial charge < -0.3 is 15.4 Å². The average Bonchev–Trinajstić information content (AvgIpc) is 2.50.